The summed E-state index contributed by atoms with van der Waals surface area (Å²) in [4.78, 5) is 4.35. The third kappa shape index (κ3) is 5.61. The van der Waals surface area contributed by atoms with Gasteiger partial charge >= 0.3 is 0 Å². The molecular formula is C19H29ClIN5. The Hall–Kier alpha value is -1.28. The van der Waals surface area contributed by atoms with E-state index < -0.39 is 0 Å². The Bertz CT molecular complexity index is 724. The third-order valence-electron chi connectivity index (χ3n) is 4.41. The van der Waals surface area contributed by atoms with E-state index in [1.54, 1.807) is 7.05 Å². The molecule has 1 aromatic carbocycles. The van der Waals surface area contributed by atoms with Crippen LogP contribution in [0.15, 0.2) is 29.3 Å². The number of guanidine groups is 1. The van der Waals surface area contributed by atoms with Crippen molar-refractivity contribution in [1.82, 2.24) is 20.4 Å². The smallest absolute Gasteiger partial charge is 0.191 e. The minimum atomic E-state index is 0. The predicted octanol–water partition coefficient (Wildman–Crippen LogP) is 4.24. The first-order chi connectivity index (χ1) is 12.0. The zero-order chi connectivity index (χ0) is 18.4. The standard InChI is InChI=1S/C19H28ClN5.HI/c1-6-17-16(18(7-2)25(5)24-17)12-22-19(21-4)23-13(3)14-8-10-15(20)11-9-14;/h8-11,13H,6-7,12H2,1-5H3,(H2,21,22,23);1H. The number of hydrogen-bond acceptors (Lipinski definition) is 2. The van der Waals surface area contributed by atoms with Gasteiger partial charge in [0.2, 0.25) is 0 Å². The Labute approximate surface area is 178 Å². The quantitative estimate of drug-likeness (QED) is 0.362. The molecule has 1 unspecified atom stereocenters. The molecule has 26 heavy (non-hydrogen) atoms. The normalized spacial score (nSPS) is 12.5. The van der Waals surface area contributed by atoms with Gasteiger partial charge in [0, 0.05) is 36.9 Å². The Morgan fingerprint density at radius 3 is 2.42 bits per heavy atom. The van der Waals surface area contributed by atoms with Crippen molar-refractivity contribution in [2.45, 2.75) is 46.2 Å². The van der Waals surface area contributed by atoms with E-state index in [0.29, 0.717) is 6.54 Å². The lowest BCUT2D eigenvalue weighted by molar-refractivity contribution is 0.681. The number of aliphatic imine (C=N–C) groups is 1. The monoisotopic (exact) mass is 489 g/mol. The molecule has 1 atom stereocenters. The maximum absolute atomic E-state index is 5.96. The molecule has 0 bridgehead atoms. The Kier molecular flexibility index (Phi) is 9.43. The summed E-state index contributed by atoms with van der Waals surface area (Å²) in [5, 5.41) is 12.2. The number of benzene rings is 1. The van der Waals surface area contributed by atoms with E-state index in [4.69, 9.17) is 11.6 Å². The summed E-state index contributed by atoms with van der Waals surface area (Å²) < 4.78 is 1.99. The molecule has 1 aromatic heterocycles. The number of rotatable bonds is 6. The molecular weight excluding hydrogens is 461 g/mol. The van der Waals surface area contributed by atoms with E-state index in [1.807, 2.05) is 36.0 Å². The molecule has 0 radical (unpaired) electrons. The second-order valence-corrected chi connectivity index (χ2v) is 6.48. The Morgan fingerprint density at radius 2 is 1.88 bits per heavy atom. The molecule has 0 aliphatic carbocycles. The van der Waals surface area contributed by atoms with E-state index in [1.165, 1.54) is 11.3 Å². The van der Waals surface area contributed by atoms with E-state index in [0.717, 1.165) is 35.1 Å². The zero-order valence-electron chi connectivity index (χ0n) is 16.1. The van der Waals surface area contributed by atoms with Gasteiger partial charge in [-0.1, -0.05) is 37.6 Å². The van der Waals surface area contributed by atoms with Crippen LogP contribution < -0.4 is 10.6 Å². The van der Waals surface area contributed by atoms with Crippen LogP contribution in [0.2, 0.25) is 5.02 Å². The summed E-state index contributed by atoms with van der Waals surface area (Å²) in [6, 6.07) is 8.00. The molecule has 2 N–H and O–H groups in total. The maximum atomic E-state index is 5.96. The summed E-state index contributed by atoms with van der Waals surface area (Å²) in [7, 11) is 3.80. The molecule has 1 heterocycles. The van der Waals surface area contributed by atoms with Crippen molar-refractivity contribution in [2.75, 3.05) is 7.05 Å². The van der Waals surface area contributed by atoms with E-state index >= 15 is 0 Å². The molecule has 144 valence electrons. The summed E-state index contributed by atoms with van der Waals surface area (Å²) in [6.07, 6.45) is 1.89. The van der Waals surface area contributed by atoms with Crippen molar-refractivity contribution in [3.8, 4) is 0 Å². The molecule has 0 aliphatic heterocycles. The highest BCUT2D eigenvalue weighted by molar-refractivity contribution is 14.0. The zero-order valence-corrected chi connectivity index (χ0v) is 19.2. The average Bonchev–Trinajstić information content (AvgIpc) is 2.93. The molecule has 2 aromatic rings. The summed E-state index contributed by atoms with van der Waals surface area (Å²) in [6.45, 7) is 7.12. The SMILES string of the molecule is CCc1nn(C)c(CC)c1CNC(=NC)NC(C)c1ccc(Cl)cc1.I. The number of hydrogen-bond donors (Lipinski definition) is 2. The maximum Gasteiger partial charge on any atom is 0.191 e. The molecule has 5 nitrogen and oxygen atoms in total. The van der Waals surface area contributed by atoms with Crippen LogP contribution >= 0.6 is 35.6 Å². The first kappa shape index (κ1) is 22.8. The van der Waals surface area contributed by atoms with Crippen molar-refractivity contribution in [1.29, 1.82) is 0 Å². The minimum Gasteiger partial charge on any atom is -0.352 e. The summed E-state index contributed by atoms with van der Waals surface area (Å²) in [5.74, 6) is 0.774. The topological polar surface area (TPSA) is 54.2 Å². The molecule has 0 aliphatic rings. The van der Waals surface area contributed by atoms with Gasteiger partial charge in [0.1, 0.15) is 0 Å². The molecule has 0 fully saturated rings. The minimum absolute atomic E-state index is 0. The summed E-state index contributed by atoms with van der Waals surface area (Å²) in [5.41, 5.74) is 4.85. The lowest BCUT2D eigenvalue weighted by atomic mass is 10.1. The lowest BCUT2D eigenvalue weighted by Gasteiger charge is -2.18. The Balaban J connectivity index is 0.00000338. The highest BCUT2D eigenvalue weighted by Crippen LogP contribution is 2.17. The summed E-state index contributed by atoms with van der Waals surface area (Å²) >= 11 is 5.96. The van der Waals surface area contributed by atoms with Gasteiger partial charge in [-0.15, -0.1) is 24.0 Å². The second kappa shape index (κ2) is 10.8. The van der Waals surface area contributed by atoms with Gasteiger partial charge in [-0.25, -0.2) is 0 Å². The fraction of sp³-hybridized carbons (Fsp3) is 0.474. The van der Waals surface area contributed by atoms with Crippen LogP contribution in [0.1, 0.15) is 49.3 Å². The number of nitrogens with zero attached hydrogens (tertiary/aromatic N) is 3. The van der Waals surface area contributed by atoms with Gasteiger partial charge in [0.25, 0.3) is 0 Å². The van der Waals surface area contributed by atoms with Crippen molar-refractivity contribution in [3.63, 3.8) is 0 Å². The lowest BCUT2D eigenvalue weighted by Crippen LogP contribution is -2.38. The van der Waals surface area contributed by atoms with E-state index in [9.17, 15) is 0 Å². The highest BCUT2D eigenvalue weighted by atomic mass is 127. The molecule has 0 saturated heterocycles. The van der Waals surface area contributed by atoms with Crippen LogP contribution in [0.3, 0.4) is 0 Å². The van der Waals surface area contributed by atoms with Gasteiger partial charge in [-0.05, 0) is 37.5 Å². The largest absolute Gasteiger partial charge is 0.352 e. The number of aromatic nitrogens is 2. The fourth-order valence-corrected chi connectivity index (χ4v) is 3.13. The molecule has 0 amide bonds. The van der Waals surface area contributed by atoms with Crippen molar-refractivity contribution >= 4 is 41.5 Å². The number of nitrogens with one attached hydrogen (secondary N) is 2. The second-order valence-electron chi connectivity index (χ2n) is 6.05. The van der Waals surface area contributed by atoms with Gasteiger partial charge in [0.05, 0.1) is 11.7 Å². The van der Waals surface area contributed by atoms with Gasteiger partial charge in [0.15, 0.2) is 5.96 Å². The van der Waals surface area contributed by atoms with Crippen LogP contribution in [-0.2, 0) is 26.4 Å². The molecule has 0 spiro atoms. The average molecular weight is 490 g/mol. The Morgan fingerprint density at radius 1 is 1.23 bits per heavy atom. The van der Waals surface area contributed by atoms with Crippen LogP contribution in [0, 0.1) is 0 Å². The molecule has 7 heteroatoms. The molecule has 2 rings (SSSR count). The van der Waals surface area contributed by atoms with Crippen LogP contribution in [-0.4, -0.2) is 22.8 Å². The van der Waals surface area contributed by atoms with E-state index in [-0.39, 0.29) is 30.0 Å². The number of halogens is 2. The predicted molar refractivity (Wildman–Crippen MR) is 121 cm³/mol. The van der Waals surface area contributed by atoms with E-state index in [2.05, 4.69) is 41.5 Å². The fourth-order valence-electron chi connectivity index (χ4n) is 3.00. The van der Waals surface area contributed by atoms with Crippen LogP contribution in [0.25, 0.3) is 0 Å². The highest BCUT2D eigenvalue weighted by Gasteiger charge is 2.14. The van der Waals surface area contributed by atoms with Crippen molar-refractivity contribution in [3.05, 3.63) is 51.8 Å². The van der Waals surface area contributed by atoms with Crippen molar-refractivity contribution < 1.29 is 0 Å². The van der Waals surface area contributed by atoms with Crippen LogP contribution in [0.4, 0.5) is 0 Å². The van der Waals surface area contributed by atoms with Gasteiger partial charge in [-0.2, -0.15) is 5.10 Å². The third-order valence-corrected chi connectivity index (χ3v) is 4.66. The first-order valence-corrected chi connectivity index (χ1v) is 9.14. The van der Waals surface area contributed by atoms with Crippen LogP contribution in [0.5, 0.6) is 0 Å². The van der Waals surface area contributed by atoms with Gasteiger partial charge < -0.3 is 10.6 Å². The molecule has 0 saturated carbocycles. The van der Waals surface area contributed by atoms with Gasteiger partial charge in [-0.3, -0.25) is 9.67 Å². The first-order valence-electron chi connectivity index (χ1n) is 8.76. The van der Waals surface area contributed by atoms with Crippen molar-refractivity contribution in [2.24, 2.45) is 12.0 Å². The number of aryl methyl sites for hydroxylation is 2.